The number of pyridine rings is 2. The zero-order chi connectivity index (χ0) is 20.2. The van der Waals surface area contributed by atoms with Gasteiger partial charge in [0.15, 0.2) is 0 Å². The normalized spacial score (nSPS) is 15.9. The number of benzene rings is 1. The molecule has 1 aliphatic rings. The Morgan fingerprint density at radius 3 is 2.72 bits per heavy atom. The van der Waals surface area contributed by atoms with Crippen molar-refractivity contribution in [1.29, 1.82) is 0 Å². The molecule has 3 aromatic rings. The summed E-state index contributed by atoms with van der Waals surface area (Å²) in [7, 11) is 1.73. The Morgan fingerprint density at radius 1 is 1.14 bits per heavy atom. The molecule has 0 amide bonds. The lowest BCUT2D eigenvalue weighted by Crippen LogP contribution is -2.22. The number of nitrogen functional groups attached to an aromatic ring is 1. The van der Waals surface area contributed by atoms with Gasteiger partial charge in [-0.3, -0.25) is 0 Å². The predicted molar refractivity (Wildman–Crippen MR) is 118 cm³/mol. The molecule has 1 atom stereocenters. The highest BCUT2D eigenvalue weighted by atomic mass is 16.5. The van der Waals surface area contributed by atoms with Crippen molar-refractivity contribution in [3.63, 3.8) is 0 Å². The first-order chi connectivity index (χ1) is 14.2. The van der Waals surface area contributed by atoms with Crippen LogP contribution in [0.15, 0.2) is 30.5 Å². The number of fused-ring (bicyclic) bond motifs is 2. The topological polar surface area (TPSA) is 73.5 Å². The van der Waals surface area contributed by atoms with Gasteiger partial charge in [0, 0.05) is 42.1 Å². The van der Waals surface area contributed by atoms with Crippen molar-refractivity contribution in [3.05, 3.63) is 36.0 Å². The van der Waals surface area contributed by atoms with Crippen molar-refractivity contribution < 1.29 is 9.47 Å². The minimum atomic E-state index is 0.175. The molecule has 2 N–H and O–H groups in total. The summed E-state index contributed by atoms with van der Waals surface area (Å²) in [5.74, 6) is 1.58. The summed E-state index contributed by atoms with van der Waals surface area (Å²) in [5, 5.41) is 1.93. The van der Waals surface area contributed by atoms with E-state index in [1.165, 1.54) is 25.9 Å². The molecule has 1 unspecified atom stereocenters. The molecule has 0 radical (unpaired) electrons. The standard InChI is InChI=1S/C23H30N4O2/c1-16(15-28-2)22-17-14-18-20(8-9-25-23(18)24)26-19(17)6-7-21(22)29-13-5-12-27-10-3-4-11-27/h6-9,14,16H,3-5,10-13,15H2,1-2H3,(H2,24,25). The number of rotatable bonds is 8. The predicted octanol–water partition coefficient (Wildman–Crippen LogP) is 3.98. The van der Waals surface area contributed by atoms with Crippen molar-refractivity contribution in [2.45, 2.75) is 32.1 Å². The van der Waals surface area contributed by atoms with Crippen LogP contribution < -0.4 is 10.5 Å². The summed E-state index contributed by atoms with van der Waals surface area (Å²) in [6, 6.07) is 8.07. The van der Waals surface area contributed by atoms with E-state index in [1.54, 1.807) is 13.3 Å². The monoisotopic (exact) mass is 394 g/mol. The molecule has 154 valence electrons. The smallest absolute Gasteiger partial charge is 0.132 e. The van der Waals surface area contributed by atoms with E-state index in [1.807, 2.05) is 18.2 Å². The van der Waals surface area contributed by atoms with Gasteiger partial charge in [-0.15, -0.1) is 0 Å². The van der Waals surface area contributed by atoms with E-state index in [-0.39, 0.29) is 5.92 Å². The Morgan fingerprint density at radius 2 is 1.93 bits per heavy atom. The number of anilines is 1. The van der Waals surface area contributed by atoms with E-state index in [2.05, 4.69) is 22.9 Å². The number of aromatic nitrogens is 2. The van der Waals surface area contributed by atoms with E-state index in [4.69, 9.17) is 20.2 Å². The van der Waals surface area contributed by atoms with Gasteiger partial charge in [-0.05, 0) is 56.6 Å². The first-order valence-electron chi connectivity index (χ1n) is 10.5. The zero-order valence-electron chi connectivity index (χ0n) is 17.4. The van der Waals surface area contributed by atoms with Gasteiger partial charge >= 0.3 is 0 Å². The van der Waals surface area contributed by atoms with Gasteiger partial charge in [0.1, 0.15) is 11.6 Å². The van der Waals surface area contributed by atoms with E-state index >= 15 is 0 Å². The number of hydrogen-bond acceptors (Lipinski definition) is 6. The molecule has 0 aliphatic carbocycles. The van der Waals surface area contributed by atoms with Crippen LogP contribution in [-0.2, 0) is 4.74 Å². The lowest BCUT2D eigenvalue weighted by atomic mass is 9.95. The van der Waals surface area contributed by atoms with E-state index in [0.29, 0.717) is 19.0 Å². The Kier molecular flexibility index (Phi) is 6.11. The Labute approximate surface area is 172 Å². The fourth-order valence-corrected chi connectivity index (χ4v) is 4.30. The summed E-state index contributed by atoms with van der Waals surface area (Å²) >= 11 is 0. The second kappa shape index (κ2) is 8.93. The van der Waals surface area contributed by atoms with Crippen LogP contribution >= 0.6 is 0 Å². The molecule has 0 bridgehead atoms. The summed E-state index contributed by atoms with van der Waals surface area (Å²) < 4.78 is 11.7. The Hall–Kier alpha value is -2.44. The quantitative estimate of drug-likeness (QED) is 0.460. The molecule has 1 aliphatic heterocycles. The third kappa shape index (κ3) is 4.28. The number of hydrogen-bond donors (Lipinski definition) is 1. The van der Waals surface area contributed by atoms with Crippen LogP contribution in [0.25, 0.3) is 21.8 Å². The second-order valence-electron chi connectivity index (χ2n) is 7.90. The van der Waals surface area contributed by atoms with Gasteiger partial charge in [0.2, 0.25) is 0 Å². The van der Waals surface area contributed by atoms with Gasteiger partial charge in [-0.1, -0.05) is 6.92 Å². The summed E-state index contributed by atoms with van der Waals surface area (Å²) in [6.45, 7) is 7.03. The number of nitrogens with two attached hydrogens (primary N) is 1. The van der Waals surface area contributed by atoms with Crippen LogP contribution in [0.3, 0.4) is 0 Å². The van der Waals surface area contributed by atoms with Gasteiger partial charge in [0.25, 0.3) is 0 Å². The van der Waals surface area contributed by atoms with Crippen LogP contribution in [0.2, 0.25) is 0 Å². The molecule has 6 heteroatoms. The Balaban J connectivity index is 1.65. The van der Waals surface area contributed by atoms with Crippen LogP contribution in [0.5, 0.6) is 5.75 Å². The van der Waals surface area contributed by atoms with E-state index in [0.717, 1.165) is 46.1 Å². The number of ether oxygens (including phenoxy) is 2. The van der Waals surface area contributed by atoms with Crippen LogP contribution in [0, 0.1) is 0 Å². The molecule has 0 spiro atoms. The number of likely N-dealkylation sites (tertiary alicyclic amines) is 1. The maximum absolute atomic E-state index is 6.26. The summed E-state index contributed by atoms with van der Waals surface area (Å²) in [5.41, 5.74) is 9.04. The fourth-order valence-electron chi connectivity index (χ4n) is 4.30. The fraction of sp³-hybridized carbons (Fsp3) is 0.478. The molecule has 1 aromatic carbocycles. The highest BCUT2D eigenvalue weighted by molar-refractivity contribution is 5.99. The van der Waals surface area contributed by atoms with Crippen molar-refractivity contribution in [2.75, 3.05) is 45.7 Å². The average Bonchev–Trinajstić information content (AvgIpc) is 3.23. The molecule has 6 nitrogen and oxygen atoms in total. The molecular weight excluding hydrogens is 364 g/mol. The number of methoxy groups -OCH3 is 1. The van der Waals surface area contributed by atoms with Gasteiger partial charge in [-0.25, -0.2) is 9.97 Å². The van der Waals surface area contributed by atoms with Crippen LogP contribution in [0.1, 0.15) is 37.7 Å². The molecule has 3 heterocycles. The highest BCUT2D eigenvalue weighted by Crippen LogP contribution is 2.36. The summed E-state index contributed by atoms with van der Waals surface area (Å²) in [6.07, 6.45) is 5.37. The van der Waals surface area contributed by atoms with Gasteiger partial charge < -0.3 is 20.1 Å². The van der Waals surface area contributed by atoms with Crippen LogP contribution in [-0.4, -0.2) is 54.8 Å². The second-order valence-corrected chi connectivity index (χ2v) is 7.90. The average molecular weight is 395 g/mol. The molecule has 0 saturated carbocycles. The van der Waals surface area contributed by atoms with Crippen LogP contribution in [0.4, 0.5) is 5.82 Å². The first-order valence-corrected chi connectivity index (χ1v) is 10.5. The minimum Gasteiger partial charge on any atom is -0.493 e. The largest absolute Gasteiger partial charge is 0.493 e. The molecule has 29 heavy (non-hydrogen) atoms. The Bertz CT molecular complexity index is 985. The number of nitrogens with zero attached hydrogens (tertiary/aromatic N) is 3. The SMILES string of the molecule is COCC(C)c1c(OCCCN2CCCC2)ccc2nc3ccnc(N)c3cc12. The minimum absolute atomic E-state index is 0.175. The van der Waals surface area contributed by atoms with Crippen molar-refractivity contribution in [1.82, 2.24) is 14.9 Å². The van der Waals surface area contributed by atoms with E-state index in [9.17, 15) is 0 Å². The van der Waals surface area contributed by atoms with Crippen molar-refractivity contribution >= 4 is 27.6 Å². The van der Waals surface area contributed by atoms with Crippen molar-refractivity contribution in [2.24, 2.45) is 0 Å². The van der Waals surface area contributed by atoms with Gasteiger partial charge in [-0.2, -0.15) is 0 Å². The lowest BCUT2D eigenvalue weighted by molar-refractivity contribution is 0.182. The maximum atomic E-state index is 6.26. The third-order valence-electron chi connectivity index (χ3n) is 5.74. The molecule has 1 fully saturated rings. The van der Waals surface area contributed by atoms with E-state index < -0.39 is 0 Å². The molecular formula is C23H30N4O2. The molecule has 4 rings (SSSR count). The zero-order valence-corrected chi connectivity index (χ0v) is 17.4. The molecule has 1 saturated heterocycles. The molecule has 2 aromatic heterocycles. The summed E-state index contributed by atoms with van der Waals surface area (Å²) in [4.78, 5) is 11.5. The highest BCUT2D eigenvalue weighted by Gasteiger charge is 2.18. The first kappa shape index (κ1) is 19.9. The van der Waals surface area contributed by atoms with Crippen molar-refractivity contribution in [3.8, 4) is 5.75 Å². The lowest BCUT2D eigenvalue weighted by Gasteiger charge is -2.20. The maximum Gasteiger partial charge on any atom is 0.132 e. The third-order valence-corrected chi connectivity index (χ3v) is 5.74. The van der Waals surface area contributed by atoms with Gasteiger partial charge in [0.05, 0.1) is 24.2 Å².